The molecule has 1 heterocycles. The summed E-state index contributed by atoms with van der Waals surface area (Å²) in [5.74, 6) is -3.31. The number of carbonyl (C=O) groups excluding carboxylic acids is 3. The fraction of sp³-hybridized carbons (Fsp3) is 0.300. The van der Waals surface area contributed by atoms with Gasteiger partial charge in [0.1, 0.15) is 11.5 Å². The number of hydrogen-bond donors (Lipinski definition) is 2. The lowest BCUT2D eigenvalue weighted by Gasteiger charge is -2.33. The number of para-hydroxylation sites is 2. The first-order valence-corrected chi connectivity index (χ1v) is 12.9. The van der Waals surface area contributed by atoms with Crippen molar-refractivity contribution in [3.05, 3.63) is 83.4 Å². The summed E-state index contributed by atoms with van der Waals surface area (Å²) in [6.45, 7) is 2.55. The smallest absolute Gasteiger partial charge is 0.371 e. The van der Waals surface area contributed by atoms with Crippen LogP contribution < -0.4 is 20.1 Å². The molecule has 9 nitrogen and oxygen atoms in total. The molecule has 1 aliphatic heterocycles. The Morgan fingerprint density at radius 2 is 1.60 bits per heavy atom. The second-order valence-electron chi connectivity index (χ2n) is 9.40. The van der Waals surface area contributed by atoms with Gasteiger partial charge in [-0.15, -0.1) is 0 Å². The number of carbonyl (C=O) groups is 3. The Morgan fingerprint density at radius 3 is 2.25 bits per heavy atom. The van der Waals surface area contributed by atoms with Crippen LogP contribution in [0, 0.1) is 6.92 Å². The van der Waals surface area contributed by atoms with E-state index in [9.17, 15) is 14.4 Å². The van der Waals surface area contributed by atoms with Gasteiger partial charge in [0.2, 0.25) is 5.78 Å². The highest BCUT2D eigenvalue weighted by Gasteiger charge is 2.48. The van der Waals surface area contributed by atoms with Gasteiger partial charge in [0.15, 0.2) is 0 Å². The average Bonchev–Trinajstić information content (AvgIpc) is 3.51. The molecule has 0 aliphatic carbocycles. The fourth-order valence-electron chi connectivity index (χ4n) is 4.53. The van der Waals surface area contributed by atoms with E-state index in [0.29, 0.717) is 41.3 Å². The molecule has 0 saturated carbocycles. The summed E-state index contributed by atoms with van der Waals surface area (Å²) >= 11 is 0. The Morgan fingerprint density at radius 1 is 0.925 bits per heavy atom. The number of Topliss-reactive ketones (excluding diaryl/α,β-unsaturated/α-hetero) is 1. The minimum atomic E-state index is -2.68. The van der Waals surface area contributed by atoms with E-state index in [0.717, 1.165) is 12.8 Å². The van der Waals surface area contributed by atoms with Crippen LogP contribution in [-0.2, 0) is 16.0 Å². The third kappa shape index (κ3) is 6.58. The van der Waals surface area contributed by atoms with Gasteiger partial charge in [0.05, 0.1) is 25.5 Å². The molecule has 1 fully saturated rings. The number of methoxy groups -OCH3 is 2. The molecular weight excluding hydrogens is 517 g/mol. The number of likely N-dealkylation sites (tertiary alicyclic amines) is 1. The normalized spacial score (nSPS) is 14.6. The van der Waals surface area contributed by atoms with Gasteiger partial charge in [-0.25, -0.2) is 14.5 Å². The van der Waals surface area contributed by atoms with Gasteiger partial charge in [-0.2, -0.15) is 4.39 Å². The zero-order valence-corrected chi connectivity index (χ0v) is 22.7. The maximum atomic E-state index is 16.4. The van der Waals surface area contributed by atoms with Gasteiger partial charge in [0.25, 0.3) is 0 Å². The number of aryl methyl sites for hydroxylation is 1. The molecule has 10 heteroatoms. The number of benzene rings is 3. The predicted molar refractivity (Wildman–Crippen MR) is 149 cm³/mol. The molecule has 1 unspecified atom stereocenters. The molecule has 0 radical (unpaired) electrons. The number of urea groups is 1. The van der Waals surface area contributed by atoms with E-state index in [-0.39, 0.29) is 17.7 Å². The summed E-state index contributed by atoms with van der Waals surface area (Å²) in [5.41, 5.74) is 2.61. The van der Waals surface area contributed by atoms with E-state index in [4.69, 9.17) is 14.2 Å². The van der Waals surface area contributed by atoms with Crippen LogP contribution in [0.4, 0.5) is 20.6 Å². The van der Waals surface area contributed by atoms with Crippen molar-refractivity contribution in [3.63, 3.8) is 0 Å². The molecule has 1 atom stereocenters. The van der Waals surface area contributed by atoms with Crippen molar-refractivity contribution >= 4 is 29.2 Å². The van der Waals surface area contributed by atoms with Crippen molar-refractivity contribution in [1.29, 1.82) is 0 Å². The molecule has 0 bridgehead atoms. The molecule has 2 N–H and O–H groups in total. The SMILES string of the molecule is COC(=O)c1ccc(OC(F)(C(=O)Cc2ccc(NC(=O)Nc3ccccc3OC)c(C)c2)N2CCCC2)cc1. The number of esters is 1. The van der Waals surface area contributed by atoms with Crippen molar-refractivity contribution in [1.82, 2.24) is 4.90 Å². The largest absolute Gasteiger partial charge is 0.495 e. The van der Waals surface area contributed by atoms with E-state index in [1.54, 1.807) is 49.4 Å². The number of nitrogens with zero attached hydrogens (tertiary/aromatic N) is 1. The molecule has 4 rings (SSSR count). The highest BCUT2D eigenvalue weighted by atomic mass is 19.2. The molecule has 40 heavy (non-hydrogen) atoms. The summed E-state index contributed by atoms with van der Waals surface area (Å²) in [6.07, 6.45) is 1.28. The second kappa shape index (κ2) is 12.6. The summed E-state index contributed by atoms with van der Waals surface area (Å²) in [4.78, 5) is 39.1. The van der Waals surface area contributed by atoms with Crippen LogP contribution in [0.2, 0.25) is 0 Å². The first kappa shape index (κ1) is 28.6. The van der Waals surface area contributed by atoms with Gasteiger partial charge < -0.3 is 24.8 Å². The van der Waals surface area contributed by atoms with E-state index in [2.05, 4.69) is 10.6 Å². The van der Waals surface area contributed by atoms with Crippen molar-refractivity contribution < 1.29 is 33.0 Å². The van der Waals surface area contributed by atoms with Crippen molar-refractivity contribution in [3.8, 4) is 11.5 Å². The fourth-order valence-corrected chi connectivity index (χ4v) is 4.53. The first-order chi connectivity index (χ1) is 19.2. The summed E-state index contributed by atoms with van der Waals surface area (Å²) in [5, 5.41) is 5.53. The highest BCUT2D eigenvalue weighted by Crippen LogP contribution is 2.30. The molecule has 0 aromatic heterocycles. The molecule has 210 valence electrons. The Balaban J connectivity index is 1.46. The zero-order valence-electron chi connectivity index (χ0n) is 22.7. The minimum absolute atomic E-state index is 0.118. The van der Waals surface area contributed by atoms with Gasteiger partial charge in [0, 0.05) is 25.2 Å². The molecule has 1 aliphatic rings. The zero-order chi connectivity index (χ0) is 28.7. The minimum Gasteiger partial charge on any atom is -0.495 e. The maximum absolute atomic E-state index is 16.4. The number of hydrogen-bond acceptors (Lipinski definition) is 7. The van der Waals surface area contributed by atoms with E-state index >= 15 is 4.39 Å². The predicted octanol–water partition coefficient (Wildman–Crippen LogP) is 5.34. The van der Waals surface area contributed by atoms with Crippen LogP contribution in [0.3, 0.4) is 0 Å². The van der Waals surface area contributed by atoms with Crippen molar-refractivity contribution in [2.75, 3.05) is 37.9 Å². The van der Waals surface area contributed by atoms with Crippen LogP contribution in [-0.4, -0.2) is 56.0 Å². The van der Waals surface area contributed by atoms with Crippen LogP contribution in [0.5, 0.6) is 11.5 Å². The summed E-state index contributed by atoms with van der Waals surface area (Å²) in [7, 11) is 2.79. The number of anilines is 2. The molecule has 1 saturated heterocycles. The summed E-state index contributed by atoms with van der Waals surface area (Å²) in [6, 6.07) is 17.4. The number of ketones is 1. The quantitative estimate of drug-likeness (QED) is 0.260. The highest BCUT2D eigenvalue weighted by molar-refractivity contribution is 6.01. The van der Waals surface area contributed by atoms with E-state index < -0.39 is 23.8 Å². The second-order valence-corrected chi connectivity index (χ2v) is 9.40. The molecule has 3 aromatic carbocycles. The Labute approximate surface area is 232 Å². The van der Waals surface area contributed by atoms with Gasteiger partial charge >= 0.3 is 18.0 Å². The number of amides is 2. The van der Waals surface area contributed by atoms with Gasteiger partial charge in [-0.05, 0) is 73.4 Å². The third-order valence-corrected chi connectivity index (χ3v) is 6.64. The van der Waals surface area contributed by atoms with Crippen LogP contribution in [0.25, 0.3) is 0 Å². The lowest BCUT2D eigenvalue weighted by Crippen LogP contribution is -2.55. The van der Waals surface area contributed by atoms with E-state index in [1.807, 2.05) is 0 Å². The lowest BCUT2D eigenvalue weighted by molar-refractivity contribution is -0.191. The monoisotopic (exact) mass is 549 g/mol. The number of halogens is 1. The number of rotatable bonds is 10. The summed E-state index contributed by atoms with van der Waals surface area (Å²) < 4.78 is 32.0. The molecule has 3 aromatic rings. The molecule has 0 spiro atoms. The Kier molecular flexibility index (Phi) is 9.00. The van der Waals surface area contributed by atoms with Gasteiger partial charge in [-0.3, -0.25) is 4.79 Å². The standard InChI is InChI=1S/C30H32FN3O6/c1-20-18-21(10-15-24(20)32-29(37)33-25-8-4-5-9-26(25)38-2)19-27(35)30(31,34-16-6-7-17-34)40-23-13-11-22(12-14-23)28(36)39-3/h4-5,8-15,18H,6-7,16-17,19H2,1-3H3,(H2,32,33,37). The first-order valence-electron chi connectivity index (χ1n) is 12.9. The number of alkyl halides is 1. The number of ether oxygens (including phenoxy) is 3. The van der Waals surface area contributed by atoms with Crippen molar-refractivity contribution in [2.45, 2.75) is 32.2 Å². The average molecular weight is 550 g/mol. The lowest BCUT2D eigenvalue weighted by atomic mass is 10.0. The van der Waals surface area contributed by atoms with Crippen LogP contribution >= 0.6 is 0 Å². The maximum Gasteiger partial charge on any atom is 0.371 e. The van der Waals surface area contributed by atoms with Crippen molar-refractivity contribution in [2.24, 2.45) is 0 Å². The van der Waals surface area contributed by atoms with E-state index in [1.165, 1.54) is 43.4 Å². The molecular formula is C30H32FN3O6. The topological polar surface area (TPSA) is 106 Å². The number of nitrogens with one attached hydrogen (secondary N) is 2. The van der Waals surface area contributed by atoms with Crippen LogP contribution in [0.1, 0.15) is 34.3 Å². The third-order valence-electron chi connectivity index (χ3n) is 6.64. The Hall–Kier alpha value is -4.44. The van der Waals surface area contributed by atoms with Crippen LogP contribution in [0.15, 0.2) is 66.7 Å². The molecule has 2 amide bonds. The Bertz CT molecular complexity index is 1370. The van der Waals surface area contributed by atoms with Gasteiger partial charge in [-0.1, -0.05) is 24.3 Å².